The summed E-state index contributed by atoms with van der Waals surface area (Å²) in [7, 11) is 0. The van der Waals surface area contributed by atoms with E-state index in [0.29, 0.717) is 5.78 Å². The van der Waals surface area contributed by atoms with E-state index in [1.165, 1.54) is 22.0 Å². The molecule has 0 spiro atoms. The van der Waals surface area contributed by atoms with Gasteiger partial charge in [0.2, 0.25) is 0 Å². The summed E-state index contributed by atoms with van der Waals surface area (Å²) in [6, 6.07) is 16.8. The highest BCUT2D eigenvalue weighted by Crippen LogP contribution is 2.26. The van der Waals surface area contributed by atoms with Crippen molar-refractivity contribution < 1.29 is 4.79 Å². The van der Waals surface area contributed by atoms with E-state index >= 15 is 0 Å². The second-order valence-electron chi connectivity index (χ2n) is 9.42. The molecule has 152 valence electrons. The number of likely N-dealkylation sites (tertiary alicyclic amines) is 1. The first kappa shape index (κ1) is 19.9. The van der Waals surface area contributed by atoms with Crippen molar-refractivity contribution in [1.82, 2.24) is 9.88 Å². The summed E-state index contributed by atoms with van der Waals surface area (Å²) in [4.78, 5) is 18.8. The largest absolute Gasteiger partial charge is 0.361 e. The number of carbonyl (C=O) groups is 1. The fourth-order valence-electron chi connectivity index (χ4n) is 4.41. The molecule has 0 saturated carbocycles. The molecule has 1 saturated heterocycles. The Hall–Kier alpha value is -2.39. The van der Waals surface area contributed by atoms with E-state index in [2.05, 4.69) is 73.3 Å². The lowest BCUT2D eigenvalue weighted by atomic mass is 9.84. The van der Waals surface area contributed by atoms with E-state index in [0.717, 1.165) is 44.5 Å². The van der Waals surface area contributed by atoms with Crippen LogP contribution in [0.3, 0.4) is 0 Å². The number of piperidine rings is 1. The third kappa shape index (κ3) is 4.45. The summed E-state index contributed by atoms with van der Waals surface area (Å²) in [5.74, 6) is 0.488. The second-order valence-corrected chi connectivity index (χ2v) is 9.42. The van der Waals surface area contributed by atoms with Crippen molar-refractivity contribution in [1.29, 1.82) is 0 Å². The van der Waals surface area contributed by atoms with E-state index < -0.39 is 0 Å². The molecule has 0 bridgehead atoms. The molecule has 1 aliphatic rings. The van der Waals surface area contributed by atoms with Crippen LogP contribution in [0, 0.1) is 5.92 Å². The molecule has 2 heterocycles. The minimum absolute atomic E-state index is 0.123. The van der Waals surface area contributed by atoms with Gasteiger partial charge in [-0.3, -0.25) is 4.79 Å². The standard InChI is InChI=1S/C26H32N2O/c1-26(2,3)22-10-8-19(9-11-22)25(29)20-12-15-28(16-13-20)17-14-21-18-27-24-7-5-4-6-23(21)24/h4-11,18,20,27H,12-17H2,1-3H3. The monoisotopic (exact) mass is 388 g/mol. The second kappa shape index (κ2) is 8.16. The normalized spacial score (nSPS) is 16.4. The minimum Gasteiger partial charge on any atom is -0.361 e. The minimum atomic E-state index is 0.123. The van der Waals surface area contributed by atoms with Gasteiger partial charge in [-0.2, -0.15) is 0 Å². The van der Waals surface area contributed by atoms with E-state index in [-0.39, 0.29) is 11.3 Å². The number of hydrogen-bond acceptors (Lipinski definition) is 2. The van der Waals surface area contributed by atoms with Crippen molar-refractivity contribution in [3.63, 3.8) is 0 Å². The molecule has 29 heavy (non-hydrogen) atoms. The maximum atomic E-state index is 12.9. The van der Waals surface area contributed by atoms with Gasteiger partial charge in [0.25, 0.3) is 0 Å². The lowest BCUT2D eigenvalue weighted by Crippen LogP contribution is -2.37. The molecule has 2 aromatic carbocycles. The summed E-state index contributed by atoms with van der Waals surface area (Å²) in [6.07, 6.45) is 5.13. The summed E-state index contributed by atoms with van der Waals surface area (Å²) in [5, 5.41) is 1.33. The molecule has 3 nitrogen and oxygen atoms in total. The van der Waals surface area contributed by atoms with Crippen LogP contribution >= 0.6 is 0 Å². The summed E-state index contributed by atoms with van der Waals surface area (Å²) >= 11 is 0. The number of aromatic amines is 1. The Balaban J connectivity index is 1.30. The van der Waals surface area contributed by atoms with Crippen LogP contribution < -0.4 is 0 Å². The van der Waals surface area contributed by atoms with Gasteiger partial charge in [-0.1, -0.05) is 63.2 Å². The number of hydrogen-bond donors (Lipinski definition) is 1. The average Bonchev–Trinajstić information content (AvgIpc) is 3.15. The number of Topliss-reactive ketones (excluding diaryl/α,β-unsaturated/α-hetero) is 1. The molecule has 0 radical (unpaired) electrons. The van der Waals surface area contributed by atoms with Crippen molar-refractivity contribution in [2.24, 2.45) is 5.92 Å². The number of H-pyrrole nitrogens is 1. The number of fused-ring (bicyclic) bond motifs is 1. The SMILES string of the molecule is CC(C)(C)c1ccc(C(=O)C2CCN(CCc3c[nH]c4ccccc34)CC2)cc1. The van der Waals surface area contributed by atoms with Crippen molar-refractivity contribution >= 4 is 16.7 Å². The number of ketones is 1. The zero-order valence-corrected chi connectivity index (χ0v) is 17.9. The van der Waals surface area contributed by atoms with Gasteiger partial charge in [0.1, 0.15) is 0 Å². The molecule has 0 aliphatic carbocycles. The van der Waals surface area contributed by atoms with Gasteiger partial charge in [0, 0.05) is 35.1 Å². The first-order valence-corrected chi connectivity index (χ1v) is 10.8. The number of carbonyl (C=O) groups excluding carboxylic acids is 1. The van der Waals surface area contributed by atoms with Crippen molar-refractivity contribution in [2.45, 2.75) is 45.4 Å². The maximum absolute atomic E-state index is 12.9. The van der Waals surface area contributed by atoms with Crippen molar-refractivity contribution in [3.8, 4) is 0 Å². The first-order chi connectivity index (χ1) is 13.9. The molecule has 3 aromatic rings. The Morgan fingerprint density at radius 3 is 2.41 bits per heavy atom. The van der Waals surface area contributed by atoms with Gasteiger partial charge in [-0.15, -0.1) is 0 Å². The Bertz CT molecular complexity index is 970. The molecule has 0 atom stereocenters. The number of para-hydroxylation sites is 1. The highest BCUT2D eigenvalue weighted by molar-refractivity contribution is 5.98. The van der Waals surface area contributed by atoms with Crippen LogP contribution in [0.25, 0.3) is 10.9 Å². The molecule has 3 heteroatoms. The fraction of sp³-hybridized carbons (Fsp3) is 0.423. The van der Waals surface area contributed by atoms with Gasteiger partial charge in [0.15, 0.2) is 5.78 Å². The highest BCUT2D eigenvalue weighted by atomic mass is 16.1. The van der Waals surface area contributed by atoms with Crippen LogP contribution in [0.15, 0.2) is 54.7 Å². The Morgan fingerprint density at radius 1 is 1.03 bits per heavy atom. The Kier molecular flexibility index (Phi) is 5.60. The molecule has 0 unspecified atom stereocenters. The molecule has 1 aliphatic heterocycles. The number of benzene rings is 2. The third-order valence-corrected chi connectivity index (χ3v) is 6.37. The molecular weight excluding hydrogens is 356 g/mol. The lowest BCUT2D eigenvalue weighted by Gasteiger charge is -2.31. The van der Waals surface area contributed by atoms with Crippen LogP contribution in [-0.4, -0.2) is 35.3 Å². The van der Waals surface area contributed by atoms with Gasteiger partial charge in [-0.05, 0) is 55.0 Å². The average molecular weight is 389 g/mol. The van der Waals surface area contributed by atoms with Crippen LogP contribution in [-0.2, 0) is 11.8 Å². The number of nitrogens with one attached hydrogen (secondary N) is 1. The predicted octanol–water partition coefficient (Wildman–Crippen LogP) is 5.60. The molecule has 1 fully saturated rings. The lowest BCUT2D eigenvalue weighted by molar-refractivity contribution is 0.0841. The maximum Gasteiger partial charge on any atom is 0.166 e. The van der Waals surface area contributed by atoms with Crippen molar-refractivity contribution in [3.05, 3.63) is 71.4 Å². The number of aromatic nitrogens is 1. The zero-order chi connectivity index (χ0) is 20.4. The van der Waals surface area contributed by atoms with Gasteiger partial charge in [0.05, 0.1) is 0 Å². The van der Waals surface area contributed by atoms with Crippen LogP contribution in [0.2, 0.25) is 0 Å². The molecular formula is C26H32N2O. The van der Waals surface area contributed by atoms with Gasteiger partial charge in [-0.25, -0.2) is 0 Å². The van der Waals surface area contributed by atoms with Gasteiger partial charge < -0.3 is 9.88 Å². The number of rotatable bonds is 5. The van der Waals surface area contributed by atoms with Crippen LogP contribution in [0.4, 0.5) is 0 Å². The third-order valence-electron chi connectivity index (χ3n) is 6.37. The molecule has 0 amide bonds. The Labute approximate surface area is 174 Å². The highest BCUT2D eigenvalue weighted by Gasteiger charge is 2.26. The van der Waals surface area contributed by atoms with E-state index in [1.54, 1.807) is 0 Å². The Morgan fingerprint density at radius 2 is 1.72 bits per heavy atom. The van der Waals surface area contributed by atoms with E-state index in [9.17, 15) is 4.79 Å². The topological polar surface area (TPSA) is 36.1 Å². The summed E-state index contributed by atoms with van der Waals surface area (Å²) < 4.78 is 0. The van der Waals surface area contributed by atoms with E-state index in [1.807, 2.05) is 12.1 Å². The van der Waals surface area contributed by atoms with Gasteiger partial charge >= 0.3 is 0 Å². The predicted molar refractivity (Wildman–Crippen MR) is 121 cm³/mol. The molecule has 1 aromatic heterocycles. The number of nitrogens with zero attached hydrogens (tertiary/aromatic N) is 1. The van der Waals surface area contributed by atoms with Crippen LogP contribution in [0.5, 0.6) is 0 Å². The first-order valence-electron chi connectivity index (χ1n) is 10.8. The van der Waals surface area contributed by atoms with Crippen molar-refractivity contribution in [2.75, 3.05) is 19.6 Å². The quantitative estimate of drug-likeness (QED) is 0.577. The van der Waals surface area contributed by atoms with Crippen LogP contribution in [0.1, 0.15) is 55.1 Å². The van der Waals surface area contributed by atoms with E-state index in [4.69, 9.17) is 0 Å². The molecule has 4 rings (SSSR count). The fourth-order valence-corrected chi connectivity index (χ4v) is 4.41. The molecule has 1 N–H and O–H groups in total. The summed E-state index contributed by atoms with van der Waals surface area (Å²) in [6.45, 7) is 9.70. The summed E-state index contributed by atoms with van der Waals surface area (Å²) in [5.41, 5.74) is 4.87. The zero-order valence-electron chi connectivity index (χ0n) is 17.9. The smallest absolute Gasteiger partial charge is 0.166 e.